The Morgan fingerprint density at radius 3 is 2.71 bits per heavy atom. The molecule has 0 radical (unpaired) electrons. The molecule has 2 nitrogen and oxygen atoms in total. The lowest BCUT2D eigenvalue weighted by molar-refractivity contribution is 0.230. The Kier molecular flexibility index (Phi) is 4.96. The van der Waals surface area contributed by atoms with Crippen molar-refractivity contribution in [2.24, 2.45) is 0 Å². The fourth-order valence-corrected chi connectivity index (χ4v) is 4.13. The molecule has 1 atom stereocenters. The maximum absolute atomic E-state index is 3.68. The molecule has 1 saturated heterocycles. The van der Waals surface area contributed by atoms with Crippen molar-refractivity contribution >= 4 is 0 Å². The van der Waals surface area contributed by atoms with Crippen LogP contribution in [0.2, 0.25) is 0 Å². The summed E-state index contributed by atoms with van der Waals surface area (Å²) in [5.74, 6) is 0. The first-order chi connectivity index (χ1) is 11.9. The number of rotatable bonds is 4. The molecule has 0 amide bonds. The Hall–Kier alpha value is -1.64. The Labute approximate surface area is 145 Å². The monoisotopic (exact) mass is 320 g/mol. The van der Waals surface area contributed by atoms with E-state index in [9.17, 15) is 0 Å². The molecule has 2 aliphatic heterocycles. The van der Waals surface area contributed by atoms with Crippen LogP contribution in [-0.2, 0) is 13.0 Å². The van der Waals surface area contributed by atoms with E-state index in [-0.39, 0.29) is 0 Å². The molecule has 0 aliphatic carbocycles. The lowest BCUT2D eigenvalue weighted by Gasteiger charge is -2.31. The van der Waals surface area contributed by atoms with E-state index in [4.69, 9.17) is 0 Å². The molecule has 2 aromatic rings. The molecule has 126 valence electrons. The second-order valence-electron chi connectivity index (χ2n) is 7.31. The van der Waals surface area contributed by atoms with Gasteiger partial charge in [0.1, 0.15) is 0 Å². The minimum Gasteiger partial charge on any atom is -0.314 e. The van der Waals surface area contributed by atoms with Gasteiger partial charge in [-0.05, 0) is 67.1 Å². The third-order valence-corrected chi connectivity index (χ3v) is 5.61. The zero-order chi connectivity index (χ0) is 16.2. The molecular weight excluding hydrogens is 292 g/mol. The highest BCUT2D eigenvalue weighted by Gasteiger charge is 2.19. The number of hydrogen-bond donors (Lipinski definition) is 1. The van der Waals surface area contributed by atoms with E-state index in [1.807, 2.05) is 0 Å². The van der Waals surface area contributed by atoms with Crippen LogP contribution in [0, 0.1) is 0 Å². The normalized spacial score (nSPS) is 21.4. The maximum Gasteiger partial charge on any atom is 0.0236 e. The van der Waals surface area contributed by atoms with Gasteiger partial charge in [0.15, 0.2) is 0 Å². The molecule has 1 unspecified atom stereocenters. The second-order valence-corrected chi connectivity index (χ2v) is 7.31. The summed E-state index contributed by atoms with van der Waals surface area (Å²) in [5, 5.41) is 3.68. The van der Waals surface area contributed by atoms with E-state index >= 15 is 0 Å². The fraction of sp³-hybridized carbons (Fsp3) is 0.455. The number of nitrogens with one attached hydrogen (secondary N) is 1. The van der Waals surface area contributed by atoms with Gasteiger partial charge >= 0.3 is 0 Å². The molecule has 2 aromatic carbocycles. The molecule has 24 heavy (non-hydrogen) atoms. The first-order valence-corrected chi connectivity index (χ1v) is 9.51. The van der Waals surface area contributed by atoms with Gasteiger partial charge in [0.25, 0.3) is 0 Å². The highest BCUT2D eigenvalue weighted by Crippen LogP contribution is 2.26. The second kappa shape index (κ2) is 7.50. The number of fused-ring (bicyclic) bond motifs is 1. The van der Waals surface area contributed by atoms with Gasteiger partial charge in [-0.1, -0.05) is 48.9 Å². The van der Waals surface area contributed by atoms with Crippen LogP contribution in [0.3, 0.4) is 0 Å². The Bertz CT molecular complexity index is 659. The third kappa shape index (κ3) is 3.71. The van der Waals surface area contributed by atoms with Gasteiger partial charge in [-0.25, -0.2) is 0 Å². The van der Waals surface area contributed by atoms with Crippen molar-refractivity contribution in [3.8, 4) is 11.1 Å². The van der Waals surface area contributed by atoms with Gasteiger partial charge in [-0.2, -0.15) is 0 Å². The van der Waals surface area contributed by atoms with Crippen LogP contribution < -0.4 is 5.32 Å². The zero-order valence-corrected chi connectivity index (χ0v) is 14.5. The standard InChI is InChI=1S/C22H28N2/c1-2-6-18(7-3-1)20-10-9-19-11-14-24(17-21(19)16-20)15-12-22-8-4-5-13-23-22/h1-3,6-7,9-10,16,22-23H,4-5,8,11-15,17H2. The summed E-state index contributed by atoms with van der Waals surface area (Å²) in [6, 6.07) is 18.5. The summed E-state index contributed by atoms with van der Waals surface area (Å²) >= 11 is 0. The molecule has 2 heteroatoms. The summed E-state index contributed by atoms with van der Waals surface area (Å²) in [7, 11) is 0. The van der Waals surface area contributed by atoms with Crippen molar-refractivity contribution in [3.05, 3.63) is 59.7 Å². The first-order valence-electron chi connectivity index (χ1n) is 9.51. The van der Waals surface area contributed by atoms with Crippen molar-refractivity contribution in [2.75, 3.05) is 19.6 Å². The molecule has 1 N–H and O–H groups in total. The average Bonchev–Trinajstić information content (AvgIpc) is 2.67. The maximum atomic E-state index is 3.68. The molecule has 0 aromatic heterocycles. The molecule has 2 heterocycles. The van der Waals surface area contributed by atoms with Gasteiger partial charge in [0.2, 0.25) is 0 Å². The molecular formula is C22H28N2. The van der Waals surface area contributed by atoms with Crippen LogP contribution in [-0.4, -0.2) is 30.6 Å². The summed E-state index contributed by atoms with van der Waals surface area (Å²) in [4.78, 5) is 2.65. The van der Waals surface area contributed by atoms with E-state index < -0.39 is 0 Å². The van der Waals surface area contributed by atoms with Crippen LogP contribution in [0.5, 0.6) is 0 Å². The minimum atomic E-state index is 0.746. The Balaban J connectivity index is 1.41. The Morgan fingerprint density at radius 2 is 1.88 bits per heavy atom. The van der Waals surface area contributed by atoms with Crippen LogP contribution in [0.25, 0.3) is 11.1 Å². The molecule has 1 fully saturated rings. The smallest absolute Gasteiger partial charge is 0.0236 e. The molecule has 4 rings (SSSR count). The van der Waals surface area contributed by atoms with Gasteiger partial charge in [0.05, 0.1) is 0 Å². The first kappa shape index (κ1) is 15.9. The summed E-state index contributed by atoms with van der Waals surface area (Å²) < 4.78 is 0. The van der Waals surface area contributed by atoms with E-state index in [0.717, 1.165) is 12.6 Å². The number of hydrogen-bond acceptors (Lipinski definition) is 2. The van der Waals surface area contributed by atoms with Crippen molar-refractivity contribution < 1.29 is 0 Å². The Morgan fingerprint density at radius 1 is 0.958 bits per heavy atom. The highest BCUT2D eigenvalue weighted by molar-refractivity contribution is 5.65. The van der Waals surface area contributed by atoms with Crippen molar-refractivity contribution in [1.29, 1.82) is 0 Å². The molecule has 0 spiro atoms. The lowest BCUT2D eigenvalue weighted by Crippen LogP contribution is -2.39. The number of piperidine rings is 1. The predicted octanol–water partition coefficient (Wildman–Crippen LogP) is 4.24. The van der Waals surface area contributed by atoms with Crippen molar-refractivity contribution in [3.63, 3.8) is 0 Å². The third-order valence-electron chi connectivity index (χ3n) is 5.61. The predicted molar refractivity (Wildman–Crippen MR) is 101 cm³/mol. The average molecular weight is 320 g/mol. The molecule has 2 aliphatic rings. The van der Waals surface area contributed by atoms with Crippen LogP contribution in [0.1, 0.15) is 36.8 Å². The summed E-state index contributed by atoms with van der Waals surface area (Å²) in [5.41, 5.74) is 5.75. The minimum absolute atomic E-state index is 0.746. The largest absolute Gasteiger partial charge is 0.314 e. The van der Waals surface area contributed by atoms with E-state index in [1.165, 1.54) is 68.4 Å². The lowest BCUT2D eigenvalue weighted by atomic mass is 9.94. The van der Waals surface area contributed by atoms with E-state index in [0.29, 0.717) is 0 Å². The summed E-state index contributed by atoms with van der Waals surface area (Å²) in [6.07, 6.45) is 6.62. The van der Waals surface area contributed by atoms with Crippen LogP contribution >= 0.6 is 0 Å². The SMILES string of the molecule is c1ccc(-c2ccc3c(c2)CN(CCC2CCCCN2)CC3)cc1. The molecule has 0 saturated carbocycles. The summed E-state index contributed by atoms with van der Waals surface area (Å²) in [6.45, 7) is 4.77. The zero-order valence-electron chi connectivity index (χ0n) is 14.5. The van der Waals surface area contributed by atoms with Crippen LogP contribution in [0.4, 0.5) is 0 Å². The molecule has 0 bridgehead atoms. The van der Waals surface area contributed by atoms with Gasteiger partial charge in [0, 0.05) is 19.1 Å². The van der Waals surface area contributed by atoms with Gasteiger partial charge in [-0.15, -0.1) is 0 Å². The van der Waals surface area contributed by atoms with Crippen molar-refractivity contribution in [1.82, 2.24) is 10.2 Å². The van der Waals surface area contributed by atoms with Gasteiger partial charge < -0.3 is 5.32 Å². The van der Waals surface area contributed by atoms with Crippen molar-refractivity contribution in [2.45, 2.75) is 44.7 Å². The highest BCUT2D eigenvalue weighted by atomic mass is 15.1. The quantitative estimate of drug-likeness (QED) is 0.906. The topological polar surface area (TPSA) is 15.3 Å². The number of benzene rings is 2. The fourth-order valence-electron chi connectivity index (χ4n) is 4.13. The van der Waals surface area contributed by atoms with Crippen LogP contribution in [0.15, 0.2) is 48.5 Å². The number of nitrogens with zero attached hydrogens (tertiary/aromatic N) is 1. The van der Waals surface area contributed by atoms with E-state index in [2.05, 4.69) is 58.7 Å². The van der Waals surface area contributed by atoms with E-state index in [1.54, 1.807) is 5.56 Å². The van der Waals surface area contributed by atoms with Gasteiger partial charge in [-0.3, -0.25) is 4.90 Å².